The molecule has 0 amide bonds. The molecule has 2 aromatic heterocycles. The summed E-state index contributed by atoms with van der Waals surface area (Å²) in [6.45, 7) is 2.08. The minimum Gasteiger partial charge on any atom is -0.462 e. The Labute approximate surface area is 220 Å². The van der Waals surface area contributed by atoms with E-state index in [1.54, 1.807) is 43.8 Å². The van der Waals surface area contributed by atoms with Crippen LogP contribution < -0.4 is 15.3 Å². The van der Waals surface area contributed by atoms with Gasteiger partial charge >= 0.3 is 12.6 Å². The average Bonchev–Trinajstić information content (AvgIpc) is 3.47. The molecule has 1 aliphatic rings. The van der Waals surface area contributed by atoms with Crippen LogP contribution in [0.25, 0.3) is 11.2 Å². The van der Waals surface area contributed by atoms with Crippen molar-refractivity contribution in [1.82, 2.24) is 24.6 Å². The molecule has 4 rings (SSSR count). The number of nitrogens with two attached hydrogens (primary N) is 1. The number of rotatable bonds is 10. The number of para-hydroxylation sites is 1. The van der Waals surface area contributed by atoms with Crippen molar-refractivity contribution in [2.24, 2.45) is 5.92 Å². The Balaban J connectivity index is 1.49. The first-order valence-corrected chi connectivity index (χ1v) is 14.3. The van der Waals surface area contributed by atoms with Crippen molar-refractivity contribution in [3.8, 4) is 18.1 Å². The largest absolute Gasteiger partial charge is 0.462 e. The third-order valence-corrected chi connectivity index (χ3v) is 8.02. The normalized spacial score (nSPS) is 21.9. The molecule has 196 valence electrons. The fraction of sp³-hybridized carbons (Fsp3) is 0.417. The van der Waals surface area contributed by atoms with Crippen molar-refractivity contribution in [2.75, 3.05) is 12.3 Å². The van der Waals surface area contributed by atoms with Crippen molar-refractivity contribution in [2.45, 2.75) is 51.7 Å². The lowest BCUT2D eigenvalue weighted by atomic mass is 10.0. The van der Waals surface area contributed by atoms with Crippen LogP contribution in [0.5, 0.6) is 5.75 Å². The van der Waals surface area contributed by atoms with E-state index in [2.05, 4.69) is 26.0 Å². The van der Waals surface area contributed by atoms with E-state index >= 15 is 0 Å². The quantitative estimate of drug-likeness (QED) is 0.221. The van der Waals surface area contributed by atoms with Crippen LogP contribution in [-0.2, 0) is 30.6 Å². The summed E-state index contributed by atoms with van der Waals surface area (Å²) in [5.74, 6) is 2.84. The number of carbonyl (C=O) groups is 1. The average molecular weight is 545 g/mol. The molecule has 3 heterocycles. The summed E-state index contributed by atoms with van der Waals surface area (Å²) in [4.78, 5) is 25.0. The number of terminal acetylenes is 1. The maximum atomic E-state index is 12.4. The Hall–Kier alpha value is -3.07. The van der Waals surface area contributed by atoms with Crippen molar-refractivity contribution in [3.63, 3.8) is 0 Å². The summed E-state index contributed by atoms with van der Waals surface area (Å²) in [7, 11) is 0. The number of benzene rings is 1. The molecular weight excluding hydrogens is 515 g/mol. The number of hydrogen-bond acceptors (Lipinski definition) is 10. The van der Waals surface area contributed by atoms with Crippen LogP contribution >= 0.6 is 6.64 Å². The van der Waals surface area contributed by atoms with Crippen molar-refractivity contribution < 1.29 is 23.3 Å². The van der Waals surface area contributed by atoms with Crippen LogP contribution in [0.2, 0.25) is 0 Å². The highest BCUT2D eigenvalue weighted by molar-refractivity contribution is 8.09. The molecule has 1 unspecified atom stereocenters. The predicted molar refractivity (Wildman–Crippen MR) is 142 cm³/mol. The molecule has 11 nitrogen and oxygen atoms in total. The van der Waals surface area contributed by atoms with Gasteiger partial charge in [0.25, 0.3) is 0 Å². The number of nitrogen functional groups attached to an aromatic ring is 1. The van der Waals surface area contributed by atoms with Gasteiger partial charge in [-0.2, -0.15) is 0 Å². The Morgan fingerprint density at radius 1 is 1.32 bits per heavy atom. The minimum atomic E-state index is -3.21. The van der Waals surface area contributed by atoms with Crippen LogP contribution in [0, 0.1) is 18.3 Å². The lowest BCUT2D eigenvalue weighted by Gasteiger charge is -2.27. The van der Waals surface area contributed by atoms with Gasteiger partial charge in [0.2, 0.25) is 0 Å². The van der Waals surface area contributed by atoms with Gasteiger partial charge in [0.05, 0.1) is 31.1 Å². The third kappa shape index (κ3) is 6.44. The molecule has 1 fully saturated rings. The second-order valence-corrected chi connectivity index (χ2v) is 11.9. The van der Waals surface area contributed by atoms with Crippen LogP contribution in [0.3, 0.4) is 0 Å². The van der Waals surface area contributed by atoms with Gasteiger partial charge in [-0.25, -0.2) is 20.0 Å². The first kappa shape index (κ1) is 27.0. The van der Waals surface area contributed by atoms with Crippen LogP contribution in [-0.4, -0.2) is 50.3 Å². The molecule has 0 aliphatic carbocycles. The van der Waals surface area contributed by atoms with E-state index < -0.39 is 31.0 Å². The Kier molecular flexibility index (Phi) is 8.42. The molecule has 0 spiro atoms. The fourth-order valence-corrected chi connectivity index (χ4v) is 6.27. The molecular formula is C24H29N6O5PS. The maximum Gasteiger partial charge on any atom is 0.323 e. The van der Waals surface area contributed by atoms with Gasteiger partial charge in [-0.05, 0) is 51.1 Å². The third-order valence-electron chi connectivity index (χ3n) is 5.52. The van der Waals surface area contributed by atoms with E-state index in [0.717, 1.165) is 0 Å². The topological polar surface area (TPSA) is 136 Å². The molecule has 0 bridgehead atoms. The van der Waals surface area contributed by atoms with E-state index in [-0.39, 0.29) is 24.4 Å². The summed E-state index contributed by atoms with van der Waals surface area (Å²) in [6.07, 6.45) is 8.09. The van der Waals surface area contributed by atoms with Crippen LogP contribution in [0.4, 0.5) is 5.82 Å². The number of aromatic nitrogens is 4. The van der Waals surface area contributed by atoms with Gasteiger partial charge < -0.3 is 24.3 Å². The predicted octanol–water partition coefficient (Wildman–Crippen LogP) is 3.20. The second kappa shape index (κ2) is 11.5. The maximum absolute atomic E-state index is 12.4. The van der Waals surface area contributed by atoms with Crippen molar-refractivity contribution in [3.05, 3.63) is 43.0 Å². The zero-order chi connectivity index (χ0) is 26.6. The monoisotopic (exact) mass is 544 g/mol. The van der Waals surface area contributed by atoms with E-state index in [1.807, 2.05) is 18.2 Å². The van der Waals surface area contributed by atoms with Gasteiger partial charge in [0.1, 0.15) is 23.6 Å². The second-order valence-electron chi connectivity index (χ2n) is 8.77. The number of ether oxygens (including phenoxy) is 2. The van der Waals surface area contributed by atoms with Gasteiger partial charge in [-0.15, -0.1) is 6.42 Å². The summed E-state index contributed by atoms with van der Waals surface area (Å²) in [5, 5.41) is 3.03. The van der Waals surface area contributed by atoms with E-state index in [4.69, 9.17) is 42.5 Å². The Morgan fingerprint density at radius 2 is 2.08 bits per heavy atom. The molecule has 1 aromatic carbocycles. The summed E-state index contributed by atoms with van der Waals surface area (Å²) >= 11 is 5.78. The number of nitrogens with one attached hydrogen (secondary N) is 1. The zero-order valence-corrected chi connectivity index (χ0v) is 22.4. The zero-order valence-electron chi connectivity index (χ0n) is 20.7. The van der Waals surface area contributed by atoms with Gasteiger partial charge in [-0.1, -0.05) is 24.1 Å². The number of nitrogens with zero attached hydrogens (tertiary/aromatic N) is 4. The Bertz CT molecular complexity index is 1330. The van der Waals surface area contributed by atoms with Crippen LogP contribution in [0.15, 0.2) is 43.0 Å². The molecule has 1 saturated heterocycles. The molecule has 0 saturated carbocycles. The smallest absolute Gasteiger partial charge is 0.323 e. The van der Waals surface area contributed by atoms with Gasteiger partial charge in [0, 0.05) is 0 Å². The standard InChI is InChI=1S/C24H29N6O5PS/c1-5-17-11-19(34-23(17)30-14-28-20-21(25)26-13-27-22(20)30)12-32-36(37,35-18-9-7-6-8-10-18)29-16(4)24(31)33-15(2)3/h1,6-10,13-17,19,23H,11-12H2,2-4H3,(H,29,37)(H2,25,26,27)/t16-,17-,19-,23+,36?/m0/s1. The highest BCUT2D eigenvalue weighted by Crippen LogP contribution is 2.47. The number of anilines is 1. The molecule has 13 heteroatoms. The number of esters is 1. The first-order valence-electron chi connectivity index (χ1n) is 11.7. The highest BCUT2D eigenvalue weighted by atomic mass is 32.5. The molecule has 5 atom stereocenters. The van der Waals surface area contributed by atoms with Gasteiger partial charge in [-0.3, -0.25) is 9.36 Å². The molecule has 1 aliphatic heterocycles. The number of carbonyl (C=O) groups excluding carboxylic acids is 1. The Morgan fingerprint density at radius 3 is 2.78 bits per heavy atom. The first-order chi connectivity index (χ1) is 17.7. The van der Waals surface area contributed by atoms with Crippen molar-refractivity contribution in [1.29, 1.82) is 0 Å². The van der Waals surface area contributed by atoms with Gasteiger partial charge in [0.15, 0.2) is 17.7 Å². The molecule has 3 N–H and O–H groups in total. The number of hydrogen-bond donors (Lipinski definition) is 2. The van der Waals surface area contributed by atoms with E-state index in [0.29, 0.717) is 23.3 Å². The SMILES string of the molecule is C#C[C@H]1C[C@@H](COP(=S)(N[C@@H](C)C(=O)OC(C)C)Oc2ccccc2)O[C@H]1n1cnc2c(N)ncnc21. The highest BCUT2D eigenvalue weighted by Gasteiger charge is 2.38. The summed E-state index contributed by atoms with van der Waals surface area (Å²) < 4.78 is 25.5. The summed E-state index contributed by atoms with van der Waals surface area (Å²) in [6, 6.07) is 8.26. The number of fused-ring (bicyclic) bond motifs is 1. The lowest BCUT2D eigenvalue weighted by Crippen LogP contribution is -2.36. The molecule has 0 radical (unpaired) electrons. The minimum absolute atomic E-state index is 0.0848. The molecule has 3 aromatic rings. The number of imidazole rings is 1. The van der Waals surface area contributed by atoms with E-state index in [9.17, 15) is 4.79 Å². The van der Waals surface area contributed by atoms with E-state index in [1.165, 1.54) is 6.33 Å². The summed E-state index contributed by atoms with van der Waals surface area (Å²) in [5.41, 5.74) is 6.92. The molecule has 37 heavy (non-hydrogen) atoms. The van der Waals surface area contributed by atoms with Crippen LogP contribution in [0.1, 0.15) is 33.4 Å². The van der Waals surface area contributed by atoms with Crippen molar-refractivity contribution >= 4 is 41.4 Å². The lowest BCUT2D eigenvalue weighted by molar-refractivity contribution is -0.149. The fourth-order valence-electron chi connectivity index (χ4n) is 3.84.